The molecule has 28 heavy (non-hydrogen) atoms. The van der Waals surface area contributed by atoms with E-state index in [-0.39, 0.29) is 10.9 Å². The van der Waals surface area contributed by atoms with Crippen molar-refractivity contribution in [3.8, 4) is 11.1 Å². The monoisotopic (exact) mass is 382 g/mol. The first-order valence-electron chi connectivity index (χ1n) is 8.97. The van der Waals surface area contributed by atoms with E-state index >= 15 is 0 Å². The van der Waals surface area contributed by atoms with Crippen LogP contribution in [0.3, 0.4) is 0 Å². The van der Waals surface area contributed by atoms with Gasteiger partial charge in [0.15, 0.2) is 4.99 Å². The van der Waals surface area contributed by atoms with E-state index in [9.17, 15) is 4.79 Å². The Morgan fingerprint density at radius 1 is 0.643 bits per heavy atom. The van der Waals surface area contributed by atoms with E-state index in [0.29, 0.717) is 0 Å². The lowest BCUT2D eigenvalue weighted by Gasteiger charge is -2.13. The summed E-state index contributed by atoms with van der Waals surface area (Å²) >= 11 is 5.36. The van der Waals surface area contributed by atoms with Crippen LogP contribution < -0.4 is 10.6 Å². The summed E-state index contributed by atoms with van der Waals surface area (Å²) in [5.74, 6) is -0.341. The van der Waals surface area contributed by atoms with Crippen molar-refractivity contribution in [2.75, 3.05) is 10.6 Å². The van der Waals surface area contributed by atoms with Crippen molar-refractivity contribution < 1.29 is 4.79 Å². The zero-order chi connectivity index (χ0) is 19.3. The van der Waals surface area contributed by atoms with Gasteiger partial charge in [0.05, 0.1) is 0 Å². The molecule has 0 atom stereocenters. The van der Waals surface area contributed by atoms with Gasteiger partial charge in [0.25, 0.3) is 5.91 Å². The lowest BCUT2D eigenvalue weighted by Crippen LogP contribution is -2.27. The van der Waals surface area contributed by atoms with Crippen LogP contribution in [0.1, 0.15) is 0 Å². The molecule has 3 nitrogen and oxygen atoms in total. The maximum absolute atomic E-state index is 12.7. The van der Waals surface area contributed by atoms with Gasteiger partial charge in [-0.05, 0) is 23.1 Å². The second kappa shape index (κ2) is 8.03. The third-order valence-electron chi connectivity index (χ3n) is 4.50. The molecule has 4 rings (SSSR count). The Bertz CT molecular complexity index is 1150. The first-order valence-corrected chi connectivity index (χ1v) is 9.38. The van der Waals surface area contributed by atoms with Crippen molar-refractivity contribution in [3.63, 3.8) is 0 Å². The Hall–Kier alpha value is -3.50. The Morgan fingerprint density at radius 2 is 1.29 bits per heavy atom. The average molecular weight is 382 g/mol. The lowest BCUT2D eigenvalue weighted by molar-refractivity contribution is -0.110. The molecule has 4 aromatic rings. The topological polar surface area (TPSA) is 41.1 Å². The molecular weight excluding hydrogens is 364 g/mol. The van der Waals surface area contributed by atoms with E-state index < -0.39 is 0 Å². The highest BCUT2D eigenvalue weighted by Crippen LogP contribution is 2.28. The molecule has 0 saturated heterocycles. The van der Waals surface area contributed by atoms with Crippen LogP contribution in [0.4, 0.5) is 11.4 Å². The number of anilines is 2. The fraction of sp³-hybridized carbons (Fsp3) is 0. The summed E-state index contributed by atoms with van der Waals surface area (Å²) in [4.78, 5) is 12.8. The molecule has 0 aliphatic heterocycles. The zero-order valence-corrected chi connectivity index (χ0v) is 15.9. The van der Waals surface area contributed by atoms with Crippen LogP contribution in [0.2, 0.25) is 0 Å². The van der Waals surface area contributed by atoms with Crippen molar-refractivity contribution in [2.24, 2.45) is 0 Å². The molecule has 0 aliphatic rings. The Kier molecular flexibility index (Phi) is 5.13. The lowest BCUT2D eigenvalue weighted by atomic mass is 10.0. The maximum atomic E-state index is 12.7. The molecule has 1 amide bonds. The van der Waals surface area contributed by atoms with Crippen molar-refractivity contribution in [1.82, 2.24) is 0 Å². The van der Waals surface area contributed by atoms with Gasteiger partial charge >= 0.3 is 0 Å². The summed E-state index contributed by atoms with van der Waals surface area (Å²) in [5, 5.41) is 8.12. The summed E-state index contributed by atoms with van der Waals surface area (Å²) in [5.41, 5.74) is 3.52. The standard InChI is InChI=1S/C24H18N2OS/c27-23(24(28)26-22-16-8-12-18-11-4-5-13-20(18)22)25-21-15-7-6-14-19(21)17-9-2-1-3-10-17/h1-16H,(H,25,27)(H,26,28). The van der Waals surface area contributed by atoms with Crippen LogP contribution in [0, 0.1) is 0 Å². The third-order valence-corrected chi connectivity index (χ3v) is 4.79. The molecule has 2 N–H and O–H groups in total. The largest absolute Gasteiger partial charge is 0.342 e. The van der Waals surface area contributed by atoms with E-state index in [1.54, 1.807) is 0 Å². The van der Waals surface area contributed by atoms with Crippen molar-refractivity contribution in [1.29, 1.82) is 0 Å². The van der Waals surface area contributed by atoms with Gasteiger partial charge in [0.1, 0.15) is 0 Å². The highest BCUT2D eigenvalue weighted by Gasteiger charge is 2.13. The second-order valence-electron chi connectivity index (χ2n) is 6.35. The summed E-state index contributed by atoms with van der Waals surface area (Å²) < 4.78 is 0. The van der Waals surface area contributed by atoms with E-state index in [1.165, 1.54) is 0 Å². The highest BCUT2D eigenvalue weighted by atomic mass is 32.1. The molecule has 0 aliphatic carbocycles. The maximum Gasteiger partial charge on any atom is 0.283 e. The number of hydrogen-bond acceptors (Lipinski definition) is 2. The first kappa shape index (κ1) is 17.9. The number of para-hydroxylation sites is 1. The van der Waals surface area contributed by atoms with Crippen LogP contribution in [-0.2, 0) is 4.79 Å². The van der Waals surface area contributed by atoms with E-state index in [4.69, 9.17) is 12.2 Å². The molecule has 0 saturated carbocycles. The number of hydrogen-bond donors (Lipinski definition) is 2. The number of benzene rings is 4. The number of rotatable bonds is 3. The minimum absolute atomic E-state index is 0.124. The van der Waals surface area contributed by atoms with E-state index in [2.05, 4.69) is 10.6 Å². The summed E-state index contributed by atoms with van der Waals surface area (Å²) in [7, 11) is 0. The van der Waals surface area contributed by atoms with Crippen LogP contribution in [0.25, 0.3) is 21.9 Å². The molecule has 4 aromatic carbocycles. The van der Waals surface area contributed by atoms with Gasteiger partial charge in [0, 0.05) is 22.3 Å². The molecule has 0 bridgehead atoms. The van der Waals surface area contributed by atoms with Gasteiger partial charge < -0.3 is 10.6 Å². The number of carbonyl (C=O) groups is 1. The number of nitrogens with one attached hydrogen (secondary N) is 2. The molecule has 0 spiro atoms. The third kappa shape index (κ3) is 3.77. The molecule has 0 radical (unpaired) electrons. The van der Waals surface area contributed by atoms with Gasteiger partial charge in [-0.3, -0.25) is 4.79 Å². The fourth-order valence-corrected chi connectivity index (χ4v) is 3.32. The van der Waals surface area contributed by atoms with Crippen LogP contribution in [-0.4, -0.2) is 10.9 Å². The smallest absolute Gasteiger partial charge is 0.283 e. The van der Waals surface area contributed by atoms with Crippen molar-refractivity contribution >= 4 is 45.3 Å². The highest BCUT2D eigenvalue weighted by molar-refractivity contribution is 7.82. The van der Waals surface area contributed by atoms with Gasteiger partial charge in [0.2, 0.25) is 0 Å². The predicted octanol–water partition coefficient (Wildman–Crippen LogP) is 5.88. The van der Waals surface area contributed by atoms with Gasteiger partial charge in [-0.15, -0.1) is 0 Å². The molecule has 0 unspecified atom stereocenters. The minimum atomic E-state index is -0.341. The SMILES string of the molecule is O=C(Nc1ccccc1-c1ccccc1)C(=S)Nc1cccc2ccccc12. The Morgan fingerprint density at radius 3 is 2.14 bits per heavy atom. The predicted molar refractivity (Wildman–Crippen MR) is 121 cm³/mol. The number of thiocarbonyl (C=S) groups is 1. The van der Waals surface area contributed by atoms with Gasteiger partial charge in [-0.2, -0.15) is 0 Å². The Balaban J connectivity index is 1.55. The summed E-state index contributed by atoms with van der Waals surface area (Å²) in [6, 6.07) is 31.5. The van der Waals surface area contributed by atoms with Crippen LogP contribution in [0.15, 0.2) is 97.1 Å². The Labute approximate surface area is 169 Å². The average Bonchev–Trinajstić information content (AvgIpc) is 2.75. The minimum Gasteiger partial charge on any atom is -0.342 e. The summed E-state index contributed by atoms with van der Waals surface area (Å²) in [6.07, 6.45) is 0. The molecule has 0 heterocycles. The van der Waals surface area contributed by atoms with Crippen LogP contribution in [0.5, 0.6) is 0 Å². The molecule has 0 aromatic heterocycles. The van der Waals surface area contributed by atoms with E-state index in [0.717, 1.165) is 33.3 Å². The quantitative estimate of drug-likeness (QED) is 0.434. The number of fused-ring (bicyclic) bond motifs is 1. The molecule has 0 fully saturated rings. The number of amides is 1. The van der Waals surface area contributed by atoms with Crippen LogP contribution >= 0.6 is 12.2 Å². The fourth-order valence-electron chi connectivity index (χ4n) is 3.15. The van der Waals surface area contributed by atoms with Crippen molar-refractivity contribution in [2.45, 2.75) is 0 Å². The van der Waals surface area contributed by atoms with E-state index in [1.807, 2.05) is 97.1 Å². The molecule has 136 valence electrons. The van der Waals surface area contributed by atoms with Crippen molar-refractivity contribution in [3.05, 3.63) is 97.1 Å². The normalized spacial score (nSPS) is 10.4. The first-order chi connectivity index (χ1) is 13.7. The number of carbonyl (C=O) groups excluding carboxylic acids is 1. The molecule has 4 heteroatoms. The van der Waals surface area contributed by atoms with Gasteiger partial charge in [-0.1, -0.05) is 97.1 Å². The molecular formula is C24H18N2OS. The van der Waals surface area contributed by atoms with Gasteiger partial charge in [-0.25, -0.2) is 0 Å². The zero-order valence-electron chi connectivity index (χ0n) is 15.1. The second-order valence-corrected chi connectivity index (χ2v) is 6.75. The summed E-state index contributed by atoms with van der Waals surface area (Å²) in [6.45, 7) is 0.